The fourth-order valence-corrected chi connectivity index (χ4v) is 6.62. The largest absolute Gasteiger partial charge is 0.497 e. The van der Waals surface area contributed by atoms with E-state index in [9.17, 15) is 0 Å². The Bertz CT molecular complexity index is 2570. The van der Waals surface area contributed by atoms with Crippen LogP contribution < -0.4 is 4.74 Å². The molecule has 43 heavy (non-hydrogen) atoms. The summed E-state index contributed by atoms with van der Waals surface area (Å²) in [6.45, 7) is 8.09. The molecule has 0 aliphatic rings. The number of benzene rings is 6. The number of rotatable bonds is 3. The second kappa shape index (κ2) is 8.75. The molecule has 9 aromatic rings. The molecule has 0 atom stereocenters. The maximum absolute atomic E-state index is 8.09. The Kier molecular flexibility index (Phi) is 4.82. The third-order valence-electron chi connectivity index (χ3n) is 8.53. The van der Waals surface area contributed by atoms with Gasteiger partial charge in [-0.2, -0.15) is 0 Å². The van der Waals surface area contributed by atoms with Crippen molar-refractivity contribution in [3.63, 3.8) is 0 Å². The molecule has 0 saturated carbocycles. The summed E-state index contributed by atoms with van der Waals surface area (Å²) in [4.78, 5) is 3.97. The zero-order valence-electron chi connectivity index (χ0n) is 23.1. The maximum atomic E-state index is 8.09. The molecule has 0 unspecified atom stereocenters. The molecule has 5 heteroatoms. The van der Waals surface area contributed by atoms with Crippen LogP contribution in [-0.2, 0) is 0 Å². The van der Waals surface area contributed by atoms with Gasteiger partial charge in [-0.3, -0.25) is 0 Å². The van der Waals surface area contributed by atoms with Crippen molar-refractivity contribution in [2.45, 2.75) is 0 Å². The minimum atomic E-state index is 0.597. The van der Waals surface area contributed by atoms with E-state index in [1.54, 1.807) is 7.11 Å². The number of hydrogen-bond donors (Lipinski definition) is 0. The molecule has 0 bridgehead atoms. The van der Waals surface area contributed by atoms with Crippen molar-refractivity contribution in [2.75, 3.05) is 7.11 Å². The van der Waals surface area contributed by atoms with E-state index in [1.165, 1.54) is 10.8 Å². The summed E-state index contributed by atoms with van der Waals surface area (Å²) in [5.74, 6) is 0.780. The van der Waals surface area contributed by atoms with Gasteiger partial charge in [0, 0.05) is 43.6 Å². The lowest BCUT2D eigenvalue weighted by Crippen LogP contribution is -1.97. The van der Waals surface area contributed by atoms with Gasteiger partial charge in [-0.1, -0.05) is 54.6 Å². The van der Waals surface area contributed by atoms with Crippen LogP contribution in [0.4, 0.5) is 5.69 Å². The van der Waals surface area contributed by atoms with Gasteiger partial charge in [0.2, 0.25) is 0 Å². The van der Waals surface area contributed by atoms with Gasteiger partial charge in [0.15, 0.2) is 16.9 Å². The fourth-order valence-electron chi connectivity index (χ4n) is 6.62. The average Bonchev–Trinajstić information content (AvgIpc) is 3.73. The van der Waals surface area contributed by atoms with Gasteiger partial charge in [0.1, 0.15) is 16.9 Å². The Balaban J connectivity index is 1.32. The molecule has 0 saturated heterocycles. The van der Waals surface area contributed by atoms with Gasteiger partial charge in [0.25, 0.3) is 0 Å². The smallest absolute Gasteiger partial charge is 0.196 e. The number of aromatic nitrogens is 1. The molecule has 6 aromatic carbocycles. The monoisotopic (exact) mass is 554 g/mol. The molecule has 3 heterocycles. The van der Waals surface area contributed by atoms with Crippen molar-refractivity contribution in [1.29, 1.82) is 0 Å². The van der Waals surface area contributed by atoms with Crippen LogP contribution >= 0.6 is 0 Å². The van der Waals surface area contributed by atoms with Crippen LogP contribution in [0.5, 0.6) is 5.75 Å². The van der Waals surface area contributed by atoms with E-state index in [0.29, 0.717) is 16.9 Å². The number of hydrogen-bond acceptors (Lipinski definition) is 3. The second-order valence-corrected chi connectivity index (χ2v) is 10.7. The summed E-state index contributed by atoms with van der Waals surface area (Å²) in [6.07, 6.45) is 0. The molecule has 5 nitrogen and oxygen atoms in total. The Morgan fingerprint density at radius 2 is 1.23 bits per heavy atom. The molecule has 0 radical (unpaired) electrons. The number of furan rings is 2. The van der Waals surface area contributed by atoms with Gasteiger partial charge in [0.05, 0.1) is 24.7 Å². The van der Waals surface area contributed by atoms with E-state index >= 15 is 0 Å². The lowest BCUT2D eigenvalue weighted by molar-refractivity contribution is 0.415. The van der Waals surface area contributed by atoms with E-state index in [0.717, 1.165) is 66.3 Å². The first kappa shape index (κ1) is 23.7. The molecular formula is C38H22N2O3. The Morgan fingerprint density at radius 1 is 0.605 bits per heavy atom. The van der Waals surface area contributed by atoms with Crippen LogP contribution in [-0.4, -0.2) is 11.7 Å². The summed E-state index contributed by atoms with van der Waals surface area (Å²) in [5.41, 5.74) is 8.58. The number of ether oxygens (including phenoxy) is 1. The first-order chi connectivity index (χ1) is 21.2. The van der Waals surface area contributed by atoms with Crippen LogP contribution in [0.1, 0.15) is 0 Å². The fraction of sp³-hybridized carbons (Fsp3) is 0.0263. The Labute approximate surface area is 245 Å². The van der Waals surface area contributed by atoms with Crippen molar-refractivity contribution < 1.29 is 13.6 Å². The van der Waals surface area contributed by atoms with Gasteiger partial charge < -0.3 is 18.1 Å². The quantitative estimate of drug-likeness (QED) is 0.204. The molecule has 0 aliphatic heterocycles. The highest BCUT2D eigenvalue weighted by Crippen LogP contribution is 2.44. The molecule has 202 valence electrons. The average molecular weight is 555 g/mol. The Hall–Kier alpha value is -5.99. The number of para-hydroxylation sites is 2. The van der Waals surface area contributed by atoms with Gasteiger partial charge in [-0.25, -0.2) is 4.85 Å². The SMILES string of the molecule is [C-]#[N+]c1cccc(-n2c3ccccc3c3ccccc32)c1-c1ccc2oc3c(ccc4c5cc(OC)ccc5oc43)c2c1. The summed E-state index contributed by atoms with van der Waals surface area (Å²) in [6, 6.07) is 39.0. The third-order valence-corrected chi connectivity index (χ3v) is 8.53. The number of fused-ring (bicyclic) bond motifs is 10. The van der Waals surface area contributed by atoms with Crippen LogP contribution in [0.3, 0.4) is 0 Å². The van der Waals surface area contributed by atoms with Crippen molar-refractivity contribution in [2.24, 2.45) is 0 Å². The molecule has 0 N–H and O–H groups in total. The van der Waals surface area contributed by atoms with E-state index in [1.807, 2.05) is 42.5 Å². The highest BCUT2D eigenvalue weighted by atomic mass is 16.5. The van der Waals surface area contributed by atoms with E-state index in [-0.39, 0.29) is 0 Å². The summed E-state index contributed by atoms with van der Waals surface area (Å²) in [7, 11) is 1.66. The first-order valence-electron chi connectivity index (χ1n) is 14.1. The summed E-state index contributed by atoms with van der Waals surface area (Å²) < 4.78 is 20.5. The van der Waals surface area contributed by atoms with E-state index < -0.39 is 0 Å². The van der Waals surface area contributed by atoms with Crippen molar-refractivity contribution >= 4 is 71.4 Å². The predicted molar refractivity (Wildman–Crippen MR) is 174 cm³/mol. The van der Waals surface area contributed by atoms with Gasteiger partial charge in [-0.05, 0) is 66.2 Å². The highest BCUT2D eigenvalue weighted by molar-refractivity contribution is 6.19. The number of nitrogens with zero attached hydrogens (tertiary/aromatic N) is 2. The minimum Gasteiger partial charge on any atom is -0.497 e. The van der Waals surface area contributed by atoms with Crippen molar-refractivity contribution in [3.05, 3.63) is 127 Å². The molecule has 3 aromatic heterocycles. The van der Waals surface area contributed by atoms with E-state index in [4.69, 9.17) is 20.1 Å². The molecule has 0 aliphatic carbocycles. The Morgan fingerprint density at radius 3 is 1.88 bits per heavy atom. The van der Waals surface area contributed by atoms with Crippen molar-refractivity contribution in [3.8, 4) is 22.6 Å². The normalized spacial score (nSPS) is 11.8. The van der Waals surface area contributed by atoms with Crippen LogP contribution in [0.2, 0.25) is 0 Å². The molecule has 0 fully saturated rings. The van der Waals surface area contributed by atoms with Crippen LogP contribution in [0.15, 0.2) is 124 Å². The molecule has 9 rings (SSSR count). The zero-order chi connectivity index (χ0) is 28.7. The molecule has 0 spiro atoms. The topological polar surface area (TPSA) is 44.8 Å². The summed E-state index contributed by atoms with van der Waals surface area (Å²) >= 11 is 0. The lowest BCUT2D eigenvalue weighted by Gasteiger charge is -2.16. The van der Waals surface area contributed by atoms with E-state index in [2.05, 4.69) is 82.2 Å². The minimum absolute atomic E-state index is 0.597. The van der Waals surface area contributed by atoms with Crippen LogP contribution in [0.25, 0.3) is 87.3 Å². The highest BCUT2D eigenvalue weighted by Gasteiger charge is 2.20. The maximum Gasteiger partial charge on any atom is 0.196 e. The summed E-state index contributed by atoms with van der Waals surface area (Å²) in [5, 5.41) is 6.27. The van der Waals surface area contributed by atoms with Crippen LogP contribution in [0, 0.1) is 6.57 Å². The van der Waals surface area contributed by atoms with Gasteiger partial charge >= 0.3 is 0 Å². The molecular weight excluding hydrogens is 532 g/mol. The third kappa shape index (κ3) is 3.26. The zero-order valence-corrected chi connectivity index (χ0v) is 23.1. The second-order valence-electron chi connectivity index (χ2n) is 10.7. The predicted octanol–water partition coefficient (Wildman–Crippen LogP) is 10.8. The van der Waals surface area contributed by atoms with Crippen molar-refractivity contribution in [1.82, 2.24) is 4.57 Å². The standard InChI is InChI=1S/C38H22N2O3/c1-39-30-10-7-13-33(40-31-11-5-3-8-24(31)25-9-4-6-12-32(25)40)36(30)22-14-18-34-28(20-22)26-16-17-27-29-21-23(41-2)15-19-35(29)43-38(27)37(26)42-34/h3-21H,2H3. The molecule has 0 amide bonds. The first-order valence-corrected chi connectivity index (χ1v) is 14.1. The lowest BCUT2D eigenvalue weighted by atomic mass is 9.98. The number of methoxy groups -OCH3 is 1. The van der Waals surface area contributed by atoms with Gasteiger partial charge in [-0.15, -0.1) is 0 Å².